The second-order valence-corrected chi connectivity index (χ2v) is 19.2. The van der Waals surface area contributed by atoms with E-state index in [0.717, 1.165) is 0 Å². The molecular weight excluding hydrogens is 590 g/mol. The molecule has 2 heteroatoms. The summed E-state index contributed by atoms with van der Waals surface area (Å²) < 4.78 is 6.54. The summed E-state index contributed by atoms with van der Waals surface area (Å²) in [5, 5.41) is 0. The van der Waals surface area contributed by atoms with Crippen molar-refractivity contribution in [3.05, 3.63) is 115 Å². The van der Waals surface area contributed by atoms with Crippen LogP contribution in [-0.2, 0) is 0 Å². The fourth-order valence-electron chi connectivity index (χ4n) is 6.55. The third-order valence-corrected chi connectivity index (χ3v) is 18.5. The van der Waals surface area contributed by atoms with Gasteiger partial charge >= 0.3 is 251 Å². The van der Waals surface area contributed by atoms with Gasteiger partial charge in [-0.2, -0.15) is 0 Å². The summed E-state index contributed by atoms with van der Waals surface area (Å²) >= 11 is -1.67. The molecule has 4 aromatic rings. The van der Waals surface area contributed by atoms with E-state index in [0.29, 0.717) is 0 Å². The van der Waals surface area contributed by atoms with E-state index in [-0.39, 0.29) is 15.4 Å². The molecule has 0 aliphatic carbocycles. The zero-order valence-corrected chi connectivity index (χ0v) is 30.8. The monoisotopic (exact) mass is 639 g/mol. The van der Waals surface area contributed by atoms with Crippen molar-refractivity contribution >= 4 is 47.4 Å². The molecule has 0 fully saturated rings. The van der Waals surface area contributed by atoms with E-state index in [2.05, 4.69) is 137 Å². The van der Waals surface area contributed by atoms with Gasteiger partial charge in [-0.05, 0) is 0 Å². The molecular formula is C37H47Ge2. The summed E-state index contributed by atoms with van der Waals surface area (Å²) in [4.78, 5) is 0. The number of benzene rings is 4. The summed E-state index contributed by atoms with van der Waals surface area (Å²) in [5.74, 6) is 2.51. The predicted octanol–water partition coefficient (Wildman–Crippen LogP) is 6.97. The van der Waals surface area contributed by atoms with Crippen molar-refractivity contribution in [2.45, 2.75) is 88.8 Å². The van der Waals surface area contributed by atoms with Gasteiger partial charge in [-0.25, -0.2) is 0 Å². The van der Waals surface area contributed by atoms with Crippen LogP contribution in [0.25, 0.3) is 0 Å². The third kappa shape index (κ3) is 7.58. The van der Waals surface area contributed by atoms with Gasteiger partial charge in [0.1, 0.15) is 0 Å². The first kappa shape index (κ1) is 31.5. The van der Waals surface area contributed by atoms with Gasteiger partial charge in [0.15, 0.2) is 0 Å². The molecule has 3 radical (unpaired) electrons. The normalized spacial score (nSPS) is 11.0. The summed E-state index contributed by atoms with van der Waals surface area (Å²) in [6.07, 6.45) is 0. The van der Waals surface area contributed by atoms with Crippen molar-refractivity contribution < 1.29 is 0 Å². The molecule has 0 atom stereocenters. The molecule has 0 bridgehead atoms. The van der Waals surface area contributed by atoms with Crippen LogP contribution in [0.3, 0.4) is 0 Å². The van der Waals surface area contributed by atoms with Crippen molar-refractivity contribution in [1.29, 1.82) is 0 Å². The number of hydrogen-bond donors (Lipinski definition) is 0. The van der Waals surface area contributed by atoms with Gasteiger partial charge in [0.05, 0.1) is 0 Å². The molecule has 0 saturated carbocycles. The van der Waals surface area contributed by atoms with Gasteiger partial charge < -0.3 is 0 Å². The molecule has 0 unspecified atom stereocenters. The number of rotatable bonds is 4. The first-order valence-electron chi connectivity index (χ1n) is 14.1. The number of hydrogen-bond acceptors (Lipinski definition) is 0. The summed E-state index contributed by atoms with van der Waals surface area (Å²) in [7, 11) is 0. The Hall–Kier alpha value is -2.03. The van der Waals surface area contributed by atoms with Crippen LogP contribution in [0.5, 0.6) is 0 Å². The van der Waals surface area contributed by atoms with Gasteiger partial charge in [-0.15, -0.1) is 0 Å². The van der Waals surface area contributed by atoms with E-state index >= 15 is 0 Å². The molecule has 0 aliphatic heterocycles. The van der Waals surface area contributed by atoms with E-state index in [1.54, 1.807) is 17.6 Å². The summed E-state index contributed by atoms with van der Waals surface area (Å²) in [6, 6.07) is 18.7. The van der Waals surface area contributed by atoms with Gasteiger partial charge in [-0.1, -0.05) is 0 Å². The van der Waals surface area contributed by atoms with Crippen molar-refractivity contribution in [2.24, 2.45) is 0 Å². The Morgan fingerprint density at radius 3 is 0.795 bits per heavy atom. The summed E-state index contributed by atoms with van der Waals surface area (Å²) in [6.45, 7) is 26.9. The van der Waals surface area contributed by atoms with Crippen LogP contribution in [0, 0.1) is 83.1 Å². The molecule has 0 N–H and O–H groups in total. The van der Waals surface area contributed by atoms with Crippen LogP contribution < -0.4 is 17.6 Å². The molecule has 0 nitrogen and oxygen atoms in total. The van der Waals surface area contributed by atoms with Crippen LogP contribution in [0.15, 0.2) is 48.5 Å². The molecule has 0 heterocycles. The van der Waals surface area contributed by atoms with Crippen molar-refractivity contribution in [2.75, 3.05) is 0 Å². The van der Waals surface area contributed by atoms with Crippen LogP contribution in [0.4, 0.5) is 0 Å². The van der Waals surface area contributed by atoms with Gasteiger partial charge in [0.2, 0.25) is 0 Å². The van der Waals surface area contributed by atoms with Crippen molar-refractivity contribution in [3.63, 3.8) is 0 Å². The first-order valence-corrected chi connectivity index (χ1v) is 20.4. The molecule has 0 saturated heterocycles. The quantitative estimate of drug-likeness (QED) is 0.212. The molecule has 39 heavy (non-hydrogen) atoms. The van der Waals surface area contributed by atoms with Crippen LogP contribution in [-0.4, -0.2) is 29.8 Å². The Labute approximate surface area is 250 Å². The SMILES string of the molecule is Cc1cc(C)[c]([Ge]([CH3])[c]2c(C)cc(C)cc2C)c(C)c1.Cc1cc(C)[c]([Ge][c]2c(C)cc(C)cc2C)c(C)c1. The van der Waals surface area contributed by atoms with E-state index in [1.807, 2.05) is 0 Å². The topological polar surface area (TPSA) is 0 Å². The van der Waals surface area contributed by atoms with Gasteiger partial charge in [0.25, 0.3) is 0 Å². The molecule has 203 valence electrons. The van der Waals surface area contributed by atoms with E-state index in [4.69, 9.17) is 0 Å². The Bertz CT molecular complexity index is 1300. The Morgan fingerprint density at radius 2 is 0.564 bits per heavy atom. The molecule has 0 aromatic heterocycles. The second kappa shape index (κ2) is 13.1. The predicted molar refractivity (Wildman–Crippen MR) is 179 cm³/mol. The van der Waals surface area contributed by atoms with Gasteiger partial charge in [0, 0.05) is 0 Å². The molecule has 4 aromatic carbocycles. The standard InChI is InChI=1S/C19H25Ge.C18H22Ge/c1-12-8-14(3)18(15(4)9-12)20(7)19-16(5)10-13(2)11-17(19)6;1-11-7-13(3)17(14(4)8-11)19-18-15(5)9-12(2)10-16(18)6/h8-11H,1-7H3;7-10H,1-6H3. The number of aryl methyl sites for hydroxylation is 12. The van der Waals surface area contributed by atoms with Crippen molar-refractivity contribution in [3.8, 4) is 0 Å². The third-order valence-electron chi connectivity index (χ3n) is 7.71. The maximum absolute atomic E-state index is 2.51. The zero-order valence-electron chi connectivity index (χ0n) is 26.6. The molecule has 4 rings (SSSR count). The fourth-order valence-corrected chi connectivity index (χ4v) is 15.4. The Morgan fingerprint density at radius 1 is 0.359 bits per heavy atom. The van der Waals surface area contributed by atoms with Crippen LogP contribution in [0.2, 0.25) is 5.76 Å². The average molecular weight is 637 g/mol. The minimum atomic E-state index is -1.43. The summed E-state index contributed by atoms with van der Waals surface area (Å²) in [5.41, 5.74) is 17.3. The van der Waals surface area contributed by atoms with Gasteiger partial charge in [-0.3, -0.25) is 0 Å². The first-order chi connectivity index (χ1) is 18.2. The fraction of sp³-hybridized carbons (Fsp3) is 0.351. The van der Waals surface area contributed by atoms with E-state index in [9.17, 15) is 0 Å². The average Bonchev–Trinajstić information content (AvgIpc) is 2.76. The van der Waals surface area contributed by atoms with Crippen LogP contribution >= 0.6 is 0 Å². The minimum absolute atomic E-state index is 0.239. The Balaban J connectivity index is 0.000000216. The van der Waals surface area contributed by atoms with E-state index < -0.39 is 14.3 Å². The molecule has 0 spiro atoms. The van der Waals surface area contributed by atoms with E-state index in [1.165, 1.54) is 66.8 Å². The van der Waals surface area contributed by atoms with Crippen molar-refractivity contribution in [1.82, 2.24) is 0 Å². The maximum atomic E-state index is 2.51. The Kier molecular flexibility index (Phi) is 10.6. The second-order valence-electron chi connectivity index (χ2n) is 11.8. The molecule has 0 aliphatic rings. The zero-order chi connectivity index (χ0) is 29.2. The molecule has 0 amide bonds. The van der Waals surface area contributed by atoms with Crippen LogP contribution in [0.1, 0.15) is 66.8 Å².